The molecule has 3 N–H and O–H groups in total. The third-order valence-corrected chi connectivity index (χ3v) is 2.62. The standard InChI is InChI=1S/C11H14F2N2O4/c1-11(5-16,6-17)14-9-3-2-7(15(18)19)4-8(9)10(12)13/h2-4,10,14,16-17H,5-6H2,1H3. The van der Waals surface area contributed by atoms with Gasteiger partial charge >= 0.3 is 0 Å². The van der Waals surface area contributed by atoms with Crippen molar-refractivity contribution in [2.24, 2.45) is 0 Å². The number of non-ortho nitro benzene ring substituents is 1. The van der Waals surface area contributed by atoms with E-state index in [-0.39, 0.29) is 5.69 Å². The van der Waals surface area contributed by atoms with Gasteiger partial charge in [-0.15, -0.1) is 0 Å². The monoisotopic (exact) mass is 276 g/mol. The number of aliphatic hydroxyl groups excluding tert-OH is 2. The summed E-state index contributed by atoms with van der Waals surface area (Å²) in [5.74, 6) is 0. The van der Waals surface area contributed by atoms with Gasteiger partial charge in [-0.05, 0) is 13.0 Å². The number of nitrogens with zero attached hydrogens (tertiary/aromatic N) is 1. The summed E-state index contributed by atoms with van der Waals surface area (Å²) in [5, 5.41) is 31.3. The maximum absolute atomic E-state index is 12.9. The van der Waals surface area contributed by atoms with Gasteiger partial charge in [0.1, 0.15) is 0 Å². The zero-order chi connectivity index (χ0) is 14.6. The lowest BCUT2D eigenvalue weighted by Crippen LogP contribution is -2.42. The van der Waals surface area contributed by atoms with Gasteiger partial charge in [0.15, 0.2) is 0 Å². The molecule has 0 atom stereocenters. The van der Waals surface area contributed by atoms with E-state index in [2.05, 4.69) is 5.32 Å². The maximum atomic E-state index is 12.9. The fraction of sp³-hybridized carbons (Fsp3) is 0.455. The van der Waals surface area contributed by atoms with E-state index in [4.69, 9.17) is 10.2 Å². The Kier molecular flexibility index (Phi) is 4.73. The molecule has 19 heavy (non-hydrogen) atoms. The SMILES string of the molecule is CC(CO)(CO)Nc1ccc([N+](=O)[O-])cc1C(F)F. The van der Waals surface area contributed by atoms with Crippen molar-refractivity contribution in [1.82, 2.24) is 0 Å². The maximum Gasteiger partial charge on any atom is 0.270 e. The molecular weight excluding hydrogens is 262 g/mol. The van der Waals surface area contributed by atoms with Gasteiger partial charge in [0.25, 0.3) is 12.1 Å². The summed E-state index contributed by atoms with van der Waals surface area (Å²) in [6.07, 6.45) is -2.91. The first kappa shape index (κ1) is 15.3. The highest BCUT2D eigenvalue weighted by molar-refractivity contribution is 5.58. The second-order valence-electron chi connectivity index (χ2n) is 4.33. The quantitative estimate of drug-likeness (QED) is 0.542. The lowest BCUT2D eigenvalue weighted by molar-refractivity contribution is -0.385. The molecule has 6 nitrogen and oxygen atoms in total. The first-order valence-corrected chi connectivity index (χ1v) is 5.39. The number of hydrogen-bond donors (Lipinski definition) is 3. The molecule has 106 valence electrons. The molecule has 0 spiro atoms. The number of nitro groups is 1. The Hall–Kier alpha value is -1.80. The number of anilines is 1. The summed E-state index contributed by atoms with van der Waals surface area (Å²) in [5.41, 5.74) is -2.26. The fourth-order valence-corrected chi connectivity index (χ4v) is 1.41. The lowest BCUT2D eigenvalue weighted by Gasteiger charge is -2.28. The van der Waals surface area contributed by atoms with E-state index in [9.17, 15) is 18.9 Å². The lowest BCUT2D eigenvalue weighted by atomic mass is 10.0. The summed E-state index contributed by atoms with van der Waals surface area (Å²) >= 11 is 0. The van der Waals surface area contributed by atoms with Gasteiger partial charge in [-0.3, -0.25) is 10.1 Å². The predicted molar refractivity (Wildman–Crippen MR) is 64.3 cm³/mol. The van der Waals surface area contributed by atoms with Crippen LogP contribution >= 0.6 is 0 Å². The molecule has 0 aromatic heterocycles. The van der Waals surface area contributed by atoms with Crippen LogP contribution in [0.2, 0.25) is 0 Å². The van der Waals surface area contributed by atoms with Crippen LogP contribution in [0.15, 0.2) is 18.2 Å². The van der Waals surface area contributed by atoms with E-state index in [0.29, 0.717) is 0 Å². The van der Waals surface area contributed by atoms with E-state index < -0.39 is 41.4 Å². The highest BCUT2D eigenvalue weighted by Gasteiger charge is 2.26. The Morgan fingerprint density at radius 1 is 1.42 bits per heavy atom. The number of nitrogens with one attached hydrogen (secondary N) is 1. The third-order valence-electron chi connectivity index (χ3n) is 2.62. The van der Waals surface area contributed by atoms with Crippen LogP contribution in [0.4, 0.5) is 20.2 Å². The number of rotatable bonds is 6. The number of benzene rings is 1. The number of aliphatic hydroxyl groups is 2. The fourth-order valence-electron chi connectivity index (χ4n) is 1.41. The average molecular weight is 276 g/mol. The molecule has 1 aromatic rings. The summed E-state index contributed by atoms with van der Waals surface area (Å²) in [6.45, 7) is 0.468. The molecule has 8 heteroatoms. The zero-order valence-electron chi connectivity index (χ0n) is 10.1. The van der Waals surface area contributed by atoms with E-state index >= 15 is 0 Å². The van der Waals surface area contributed by atoms with Gasteiger partial charge in [-0.1, -0.05) is 0 Å². The second kappa shape index (κ2) is 5.89. The Bertz CT molecular complexity index is 464. The van der Waals surface area contributed by atoms with Crippen molar-refractivity contribution >= 4 is 11.4 Å². The molecule has 0 aliphatic rings. The molecule has 0 saturated heterocycles. The van der Waals surface area contributed by atoms with Gasteiger partial charge in [0.2, 0.25) is 0 Å². The molecule has 0 aliphatic heterocycles. The van der Waals surface area contributed by atoms with Gasteiger partial charge in [-0.2, -0.15) is 0 Å². The van der Waals surface area contributed by atoms with Crippen LogP contribution in [0.5, 0.6) is 0 Å². The topological polar surface area (TPSA) is 95.6 Å². The Morgan fingerprint density at radius 2 is 2.00 bits per heavy atom. The van der Waals surface area contributed by atoms with Crippen LogP contribution in [-0.4, -0.2) is 33.9 Å². The van der Waals surface area contributed by atoms with Gasteiger partial charge in [0, 0.05) is 23.4 Å². The van der Waals surface area contributed by atoms with Crippen molar-refractivity contribution in [3.63, 3.8) is 0 Å². The van der Waals surface area contributed by atoms with E-state index in [1.165, 1.54) is 6.92 Å². The number of halogens is 2. The zero-order valence-corrected chi connectivity index (χ0v) is 10.1. The van der Waals surface area contributed by atoms with Crippen molar-refractivity contribution in [1.29, 1.82) is 0 Å². The van der Waals surface area contributed by atoms with E-state index in [1.54, 1.807) is 0 Å². The highest BCUT2D eigenvalue weighted by atomic mass is 19.3. The smallest absolute Gasteiger partial charge is 0.270 e. The Labute approximate surface area is 107 Å². The van der Waals surface area contributed by atoms with Gasteiger partial charge < -0.3 is 15.5 Å². The van der Waals surface area contributed by atoms with E-state index in [1.807, 2.05) is 0 Å². The molecule has 0 heterocycles. The normalized spacial score (nSPS) is 11.7. The minimum atomic E-state index is -2.91. The molecule has 0 fully saturated rings. The average Bonchev–Trinajstić information content (AvgIpc) is 2.38. The molecule has 1 aromatic carbocycles. The van der Waals surface area contributed by atoms with E-state index in [0.717, 1.165) is 18.2 Å². The van der Waals surface area contributed by atoms with Crippen molar-refractivity contribution in [2.75, 3.05) is 18.5 Å². The molecule has 0 radical (unpaired) electrons. The Morgan fingerprint density at radius 3 is 2.42 bits per heavy atom. The van der Waals surface area contributed by atoms with Crippen LogP contribution in [0.25, 0.3) is 0 Å². The number of nitro benzene ring substituents is 1. The molecular formula is C11H14F2N2O4. The first-order valence-electron chi connectivity index (χ1n) is 5.39. The molecule has 0 unspecified atom stereocenters. The molecule has 0 aliphatic carbocycles. The summed E-state index contributed by atoms with van der Waals surface area (Å²) in [7, 11) is 0. The highest BCUT2D eigenvalue weighted by Crippen LogP contribution is 2.32. The van der Waals surface area contributed by atoms with Crippen LogP contribution in [-0.2, 0) is 0 Å². The predicted octanol–water partition coefficient (Wildman–Crippen LogP) is 1.69. The summed E-state index contributed by atoms with van der Waals surface area (Å²) in [4.78, 5) is 9.77. The first-order chi connectivity index (χ1) is 8.83. The molecule has 0 amide bonds. The van der Waals surface area contributed by atoms with Crippen LogP contribution in [0.1, 0.15) is 18.9 Å². The van der Waals surface area contributed by atoms with Crippen LogP contribution in [0, 0.1) is 10.1 Å². The van der Waals surface area contributed by atoms with Crippen molar-refractivity contribution in [3.05, 3.63) is 33.9 Å². The van der Waals surface area contributed by atoms with Crippen molar-refractivity contribution in [3.8, 4) is 0 Å². The number of alkyl halides is 2. The third kappa shape index (κ3) is 3.58. The largest absolute Gasteiger partial charge is 0.394 e. The minimum Gasteiger partial charge on any atom is -0.394 e. The van der Waals surface area contributed by atoms with Crippen LogP contribution in [0.3, 0.4) is 0 Å². The summed E-state index contributed by atoms with van der Waals surface area (Å²) < 4.78 is 25.7. The minimum absolute atomic E-state index is 0.0637. The molecule has 1 rings (SSSR count). The Balaban J connectivity index is 3.17. The second-order valence-corrected chi connectivity index (χ2v) is 4.33. The summed E-state index contributed by atoms with van der Waals surface area (Å²) in [6, 6.07) is 2.97. The van der Waals surface area contributed by atoms with Crippen molar-refractivity contribution in [2.45, 2.75) is 18.9 Å². The van der Waals surface area contributed by atoms with Gasteiger partial charge in [-0.25, -0.2) is 8.78 Å². The molecule has 0 saturated carbocycles. The molecule has 0 bridgehead atoms. The number of hydrogen-bond acceptors (Lipinski definition) is 5. The van der Waals surface area contributed by atoms with Crippen LogP contribution < -0.4 is 5.32 Å². The van der Waals surface area contributed by atoms with Gasteiger partial charge in [0.05, 0.1) is 23.7 Å². The van der Waals surface area contributed by atoms with Crippen molar-refractivity contribution < 1.29 is 23.9 Å².